The van der Waals surface area contributed by atoms with Gasteiger partial charge in [0, 0.05) is 19.3 Å². The van der Waals surface area contributed by atoms with Crippen LogP contribution in [0.2, 0.25) is 10.0 Å². The summed E-state index contributed by atoms with van der Waals surface area (Å²) in [5, 5.41) is 2.57. The summed E-state index contributed by atoms with van der Waals surface area (Å²) in [5.41, 5.74) is -0.00597. The highest BCUT2D eigenvalue weighted by Crippen LogP contribution is 2.31. The zero-order valence-electron chi connectivity index (χ0n) is 13.5. The number of pyridine rings is 1. The zero-order valence-corrected chi connectivity index (χ0v) is 15.8. The minimum absolute atomic E-state index is 0.00597. The van der Waals surface area contributed by atoms with Gasteiger partial charge in [0.1, 0.15) is 10.7 Å². The van der Waals surface area contributed by atoms with Crippen molar-refractivity contribution in [3.8, 4) is 0 Å². The Morgan fingerprint density at radius 1 is 1.15 bits per heavy atom. The first kappa shape index (κ1) is 19.1. The Bertz CT molecular complexity index is 917. The fraction of sp³-hybridized carbons (Fsp3) is 0.250. The Labute approximate surface area is 160 Å². The molecule has 0 unspecified atom stereocenters. The SMILES string of the molecule is O=C(Nc1ccccn1)c1cc(S(=O)(=O)N2CCOCC2)c(Cl)cc1Cl. The number of nitrogens with zero attached hydrogens (tertiary/aromatic N) is 2. The number of carbonyl (C=O) groups is 1. The van der Waals surface area contributed by atoms with Crippen molar-refractivity contribution in [2.75, 3.05) is 31.6 Å². The minimum atomic E-state index is -3.87. The van der Waals surface area contributed by atoms with Gasteiger partial charge in [-0.3, -0.25) is 4.79 Å². The van der Waals surface area contributed by atoms with Gasteiger partial charge in [-0.25, -0.2) is 13.4 Å². The van der Waals surface area contributed by atoms with Crippen LogP contribution in [0.15, 0.2) is 41.4 Å². The molecule has 26 heavy (non-hydrogen) atoms. The molecule has 0 radical (unpaired) electrons. The highest BCUT2D eigenvalue weighted by molar-refractivity contribution is 7.89. The molecule has 2 heterocycles. The molecule has 0 atom stereocenters. The number of morpholine rings is 1. The molecule has 1 aromatic carbocycles. The van der Waals surface area contributed by atoms with Gasteiger partial charge in [0.05, 0.1) is 28.8 Å². The second-order valence-corrected chi connectivity index (χ2v) is 8.17. The summed E-state index contributed by atoms with van der Waals surface area (Å²) >= 11 is 12.2. The molecule has 1 fully saturated rings. The van der Waals surface area contributed by atoms with Crippen LogP contribution in [0, 0.1) is 0 Å². The zero-order chi connectivity index (χ0) is 18.7. The van der Waals surface area contributed by atoms with Crippen molar-refractivity contribution in [3.63, 3.8) is 0 Å². The molecule has 138 valence electrons. The predicted molar refractivity (Wildman–Crippen MR) is 98.2 cm³/mol. The number of ether oxygens (including phenoxy) is 1. The lowest BCUT2D eigenvalue weighted by Gasteiger charge is -2.26. The minimum Gasteiger partial charge on any atom is -0.379 e. The molecule has 10 heteroatoms. The molecule has 3 rings (SSSR count). The molecule has 1 N–H and O–H groups in total. The van der Waals surface area contributed by atoms with Gasteiger partial charge in [0.15, 0.2) is 0 Å². The van der Waals surface area contributed by atoms with Gasteiger partial charge in [-0.2, -0.15) is 4.31 Å². The van der Waals surface area contributed by atoms with Crippen LogP contribution in [-0.2, 0) is 14.8 Å². The van der Waals surface area contributed by atoms with Crippen LogP contribution in [0.5, 0.6) is 0 Å². The van der Waals surface area contributed by atoms with Crippen molar-refractivity contribution in [1.82, 2.24) is 9.29 Å². The molecule has 1 aromatic heterocycles. The first-order valence-electron chi connectivity index (χ1n) is 7.69. The number of rotatable bonds is 4. The number of nitrogens with one attached hydrogen (secondary N) is 1. The Hall–Kier alpha value is -1.71. The topological polar surface area (TPSA) is 88.6 Å². The molecule has 0 saturated carbocycles. The van der Waals surface area contributed by atoms with Crippen molar-refractivity contribution >= 4 is 45.0 Å². The Morgan fingerprint density at radius 2 is 1.88 bits per heavy atom. The highest BCUT2D eigenvalue weighted by atomic mass is 35.5. The van der Waals surface area contributed by atoms with Gasteiger partial charge in [0.2, 0.25) is 10.0 Å². The molecule has 0 aliphatic carbocycles. The van der Waals surface area contributed by atoms with E-state index in [0.717, 1.165) is 0 Å². The van der Waals surface area contributed by atoms with E-state index in [4.69, 9.17) is 27.9 Å². The molecule has 0 bridgehead atoms. The van der Waals surface area contributed by atoms with Gasteiger partial charge in [-0.15, -0.1) is 0 Å². The number of hydrogen-bond acceptors (Lipinski definition) is 5. The van der Waals surface area contributed by atoms with Gasteiger partial charge in [-0.05, 0) is 24.3 Å². The van der Waals surface area contributed by atoms with Crippen LogP contribution in [-0.4, -0.2) is 49.9 Å². The van der Waals surface area contributed by atoms with Crippen LogP contribution < -0.4 is 5.32 Å². The Morgan fingerprint density at radius 3 is 2.54 bits per heavy atom. The van der Waals surface area contributed by atoms with Crippen molar-refractivity contribution in [2.45, 2.75) is 4.90 Å². The molecule has 0 spiro atoms. The molecule has 1 aliphatic rings. The summed E-state index contributed by atoms with van der Waals surface area (Å²) in [6.07, 6.45) is 1.52. The van der Waals surface area contributed by atoms with Crippen LogP contribution in [0.25, 0.3) is 0 Å². The number of anilines is 1. The van der Waals surface area contributed by atoms with Gasteiger partial charge in [0.25, 0.3) is 5.91 Å². The van der Waals surface area contributed by atoms with Crippen LogP contribution >= 0.6 is 23.2 Å². The lowest BCUT2D eigenvalue weighted by molar-refractivity contribution is 0.0730. The third-order valence-electron chi connectivity index (χ3n) is 3.76. The van der Waals surface area contributed by atoms with Crippen molar-refractivity contribution in [2.24, 2.45) is 0 Å². The summed E-state index contributed by atoms with van der Waals surface area (Å²) in [7, 11) is -3.87. The summed E-state index contributed by atoms with van der Waals surface area (Å²) in [6.45, 7) is 1.04. The number of halogens is 2. The number of carbonyl (C=O) groups excluding carboxylic acids is 1. The van der Waals surface area contributed by atoms with Crippen LogP contribution in [0.1, 0.15) is 10.4 Å². The van der Waals surface area contributed by atoms with E-state index in [1.54, 1.807) is 18.2 Å². The molecule has 1 aliphatic heterocycles. The van der Waals surface area contributed by atoms with Gasteiger partial charge < -0.3 is 10.1 Å². The average Bonchev–Trinajstić information content (AvgIpc) is 2.63. The maximum Gasteiger partial charge on any atom is 0.258 e. The summed E-state index contributed by atoms with van der Waals surface area (Å²) in [5.74, 6) is -0.259. The summed E-state index contributed by atoms with van der Waals surface area (Å²) in [6, 6.07) is 7.46. The lowest BCUT2D eigenvalue weighted by Crippen LogP contribution is -2.40. The first-order chi connectivity index (χ1) is 12.4. The molecule has 1 saturated heterocycles. The first-order valence-corrected chi connectivity index (χ1v) is 9.88. The normalized spacial score (nSPS) is 15.6. The number of aromatic nitrogens is 1. The maximum absolute atomic E-state index is 12.9. The van der Waals surface area contributed by atoms with E-state index in [2.05, 4.69) is 10.3 Å². The van der Waals surface area contributed by atoms with Crippen LogP contribution in [0.3, 0.4) is 0 Å². The second-order valence-electron chi connectivity index (χ2n) is 5.45. The second kappa shape index (κ2) is 7.89. The summed E-state index contributed by atoms with van der Waals surface area (Å²) < 4.78 is 32.1. The van der Waals surface area contributed by atoms with E-state index < -0.39 is 15.9 Å². The quantitative estimate of drug-likeness (QED) is 0.828. The van der Waals surface area contributed by atoms with Crippen LogP contribution in [0.4, 0.5) is 5.82 Å². The van der Waals surface area contributed by atoms with E-state index in [1.165, 1.54) is 22.6 Å². The van der Waals surface area contributed by atoms with E-state index in [1.807, 2.05) is 0 Å². The standard InChI is InChI=1S/C16H15Cl2N3O4S/c17-12-10-13(18)14(26(23,24)21-5-7-25-8-6-21)9-11(12)16(22)20-15-3-1-2-4-19-15/h1-4,9-10H,5-8H2,(H,19,20,22). The Balaban J connectivity index is 1.95. The lowest BCUT2D eigenvalue weighted by atomic mass is 10.2. The predicted octanol–water partition coefficient (Wildman–Crippen LogP) is 2.66. The number of benzene rings is 1. The van der Waals surface area contributed by atoms with E-state index in [-0.39, 0.29) is 33.6 Å². The van der Waals surface area contributed by atoms with Crippen molar-refractivity contribution < 1.29 is 17.9 Å². The summed E-state index contributed by atoms with van der Waals surface area (Å²) in [4.78, 5) is 16.3. The fourth-order valence-electron chi connectivity index (χ4n) is 2.45. The molecule has 1 amide bonds. The Kier molecular flexibility index (Phi) is 5.79. The van der Waals surface area contributed by atoms with Crippen molar-refractivity contribution in [3.05, 3.63) is 52.1 Å². The highest BCUT2D eigenvalue weighted by Gasteiger charge is 2.30. The average molecular weight is 416 g/mol. The van der Waals surface area contributed by atoms with E-state index >= 15 is 0 Å². The molecular weight excluding hydrogens is 401 g/mol. The number of amides is 1. The number of hydrogen-bond donors (Lipinski definition) is 1. The number of sulfonamides is 1. The van der Waals surface area contributed by atoms with E-state index in [0.29, 0.717) is 19.0 Å². The largest absolute Gasteiger partial charge is 0.379 e. The third-order valence-corrected chi connectivity index (χ3v) is 6.44. The monoisotopic (exact) mass is 415 g/mol. The maximum atomic E-state index is 12.9. The molecule has 7 nitrogen and oxygen atoms in total. The third kappa shape index (κ3) is 3.99. The smallest absolute Gasteiger partial charge is 0.258 e. The van der Waals surface area contributed by atoms with E-state index in [9.17, 15) is 13.2 Å². The van der Waals surface area contributed by atoms with Gasteiger partial charge in [-0.1, -0.05) is 29.3 Å². The van der Waals surface area contributed by atoms with Crippen molar-refractivity contribution in [1.29, 1.82) is 0 Å². The molecule has 2 aromatic rings. The van der Waals surface area contributed by atoms with Gasteiger partial charge >= 0.3 is 0 Å². The molecular formula is C16H15Cl2N3O4S. The fourth-order valence-corrected chi connectivity index (χ4v) is 4.69.